The molecule has 114 valence electrons. The van der Waals surface area contributed by atoms with Crippen molar-refractivity contribution in [2.75, 3.05) is 32.7 Å². The highest BCUT2D eigenvalue weighted by Gasteiger charge is 2.33. The molecule has 2 rings (SSSR count). The maximum Gasteiger partial charge on any atom is 0.326 e. The summed E-state index contributed by atoms with van der Waals surface area (Å²) in [5, 5.41) is 12.0. The maximum atomic E-state index is 12.0. The third kappa shape index (κ3) is 3.85. The van der Waals surface area contributed by atoms with Crippen molar-refractivity contribution in [2.45, 2.75) is 38.6 Å². The van der Waals surface area contributed by atoms with Crippen molar-refractivity contribution in [3.05, 3.63) is 0 Å². The van der Waals surface area contributed by atoms with E-state index in [1.54, 1.807) is 0 Å². The zero-order valence-electron chi connectivity index (χ0n) is 12.2. The zero-order chi connectivity index (χ0) is 14.5. The summed E-state index contributed by atoms with van der Waals surface area (Å²) in [6.07, 6.45) is 3.88. The molecule has 2 atom stereocenters. The third-order valence-electron chi connectivity index (χ3n) is 4.17. The normalized spacial score (nSPS) is 24.9. The van der Waals surface area contributed by atoms with Gasteiger partial charge in [0.2, 0.25) is 0 Å². The third-order valence-corrected chi connectivity index (χ3v) is 4.17. The number of urea groups is 1. The van der Waals surface area contributed by atoms with Gasteiger partial charge in [0.15, 0.2) is 0 Å². The van der Waals surface area contributed by atoms with Crippen molar-refractivity contribution in [3.8, 4) is 0 Å². The summed E-state index contributed by atoms with van der Waals surface area (Å²) in [6, 6.07) is -0.882. The molecule has 6 nitrogen and oxygen atoms in total. The van der Waals surface area contributed by atoms with Crippen molar-refractivity contribution >= 4 is 12.0 Å². The van der Waals surface area contributed by atoms with Crippen LogP contribution in [0.15, 0.2) is 0 Å². The number of nitrogens with one attached hydrogen (secondary N) is 1. The number of amides is 2. The first-order valence-corrected chi connectivity index (χ1v) is 7.57. The Hall–Kier alpha value is -1.30. The Bertz CT molecular complexity index is 356. The minimum Gasteiger partial charge on any atom is -0.480 e. The molecule has 2 aliphatic rings. The molecule has 0 radical (unpaired) electrons. The number of aliphatic carboxylic acids is 1. The van der Waals surface area contributed by atoms with Crippen LogP contribution in [-0.2, 0) is 4.79 Å². The van der Waals surface area contributed by atoms with Gasteiger partial charge in [0.1, 0.15) is 6.04 Å². The summed E-state index contributed by atoms with van der Waals surface area (Å²) < 4.78 is 0. The fraction of sp³-hybridized carbons (Fsp3) is 0.857. The quantitative estimate of drug-likeness (QED) is 0.789. The van der Waals surface area contributed by atoms with E-state index in [0.29, 0.717) is 25.4 Å². The Labute approximate surface area is 120 Å². The van der Waals surface area contributed by atoms with E-state index < -0.39 is 12.0 Å². The standard InChI is InChI=1S/C14H25N3O3/c1-11(10-16-6-2-3-7-16)9-15-14(20)17-8-4-5-12(17)13(18)19/h11-12H,2-10H2,1H3,(H,15,20)(H,18,19). The number of carboxylic acid groups (broad SMARTS) is 1. The van der Waals surface area contributed by atoms with Crippen LogP contribution in [0.4, 0.5) is 4.79 Å². The van der Waals surface area contributed by atoms with E-state index in [4.69, 9.17) is 5.11 Å². The van der Waals surface area contributed by atoms with Crippen molar-refractivity contribution in [3.63, 3.8) is 0 Å². The highest BCUT2D eigenvalue weighted by Crippen LogP contribution is 2.17. The lowest BCUT2D eigenvalue weighted by molar-refractivity contribution is -0.141. The second-order valence-corrected chi connectivity index (χ2v) is 5.99. The molecule has 2 aliphatic heterocycles. The van der Waals surface area contributed by atoms with E-state index in [9.17, 15) is 9.59 Å². The van der Waals surface area contributed by atoms with Crippen LogP contribution in [0.1, 0.15) is 32.6 Å². The van der Waals surface area contributed by atoms with Gasteiger partial charge in [-0.2, -0.15) is 0 Å². The molecule has 2 heterocycles. The lowest BCUT2D eigenvalue weighted by atomic mass is 10.1. The van der Waals surface area contributed by atoms with Gasteiger partial charge < -0.3 is 20.2 Å². The fourth-order valence-electron chi connectivity index (χ4n) is 3.10. The number of rotatable bonds is 5. The van der Waals surface area contributed by atoms with Gasteiger partial charge in [-0.15, -0.1) is 0 Å². The van der Waals surface area contributed by atoms with Gasteiger partial charge in [-0.05, 0) is 44.7 Å². The number of nitrogens with zero attached hydrogens (tertiary/aromatic N) is 2. The van der Waals surface area contributed by atoms with Crippen LogP contribution in [0.25, 0.3) is 0 Å². The van der Waals surface area contributed by atoms with Crippen molar-refractivity contribution < 1.29 is 14.7 Å². The molecule has 0 aromatic carbocycles. The molecule has 2 amide bonds. The average Bonchev–Trinajstić information content (AvgIpc) is 3.06. The van der Waals surface area contributed by atoms with Gasteiger partial charge >= 0.3 is 12.0 Å². The predicted molar refractivity (Wildman–Crippen MR) is 75.6 cm³/mol. The molecule has 2 N–H and O–H groups in total. The predicted octanol–water partition coefficient (Wildman–Crippen LogP) is 0.977. The molecule has 0 aromatic rings. The van der Waals surface area contributed by atoms with Crippen LogP contribution >= 0.6 is 0 Å². The highest BCUT2D eigenvalue weighted by molar-refractivity contribution is 5.83. The molecule has 6 heteroatoms. The Balaban J connectivity index is 1.72. The molecule has 20 heavy (non-hydrogen) atoms. The average molecular weight is 283 g/mol. The SMILES string of the molecule is CC(CNC(=O)N1CCCC1C(=O)O)CN1CCCC1. The van der Waals surface area contributed by atoms with E-state index in [0.717, 1.165) is 26.1 Å². The second-order valence-electron chi connectivity index (χ2n) is 5.99. The summed E-state index contributed by atoms with van der Waals surface area (Å²) in [7, 11) is 0. The highest BCUT2D eigenvalue weighted by atomic mass is 16.4. The molecule has 0 aromatic heterocycles. The molecule has 0 saturated carbocycles. The first-order valence-electron chi connectivity index (χ1n) is 7.57. The Morgan fingerprint density at radius 2 is 1.95 bits per heavy atom. The van der Waals surface area contributed by atoms with Crippen LogP contribution in [0.5, 0.6) is 0 Å². The Morgan fingerprint density at radius 3 is 2.60 bits per heavy atom. The van der Waals surface area contributed by atoms with Crippen molar-refractivity contribution in [2.24, 2.45) is 5.92 Å². The maximum absolute atomic E-state index is 12.0. The molecule has 0 aliphatic carbocycles. The Kier molecular flexibility index (Phi) is 5.23. The van der Waals surface area contributed by atoms with E-state index in [1.807, 2.05) is 0 Å². The molecule has 2 saturated heterocycles. The summed E-state index contributed by atoms with van der Waals surface area (Å²) in [5.41, 5.74) is 0. The summed E-state index contributed by atoms with van der Waals surface area (Å²) in [6.45, 7) is 6.60. The van der Waals surface area contributed by atoms with E-state index in [2.05, 4.69) is 17.1 Å². The topological polar surface area (TPSA) is 72.9 Å². The van der Waals surface area contributed by atoms with Gasteiger partial charge in [-0.1, -0.05) is 6.92 Å². The molecule has 2 fully saturated rings. The lowest BCUT2D eigenvalue weighted by Gasteiger charge is -2.24. The zero-order valence-corrected chi connectivity index (χ0v) is 12.2. The monoisotopic (exact) mass is 283 g/mol. The summed E-state index contributed by atoms with van der Waals surface area (Å²) in [4.78, 5) is 27.0. The van der Waals surface area contributed by atoms with Crippen LogP contribution < -0.4 is 5.32 Å². The van der Waals surface area contributed by atoms with Crippen LogP contribution in [0, 0.1) is 5.92 Å². The second kappa shape index (κ2) is 6.92. The minimum absolute atomic E-state index is 0.233. The molecule has 0 bridgehead atoms. The number of carboxylic acids is 1. The van der Waals surface area contributed by atoms with Gasteiger partial charge in [-0.3, -0.25) is 0 Å². The number of carbonyl (C=O) groups excluding carboxylic acids is 1. The van der Waals surface area contributed by atoms with E-state index in [-0.39, 0.29) is 6.03 Å². The van der Waals surface area contributed by atoms with Gasteiger partial charge in [0.05, 0.1) is 0 Å². The van der Waals surface area contributed by atoms with E-state index >= 15 is 0 Å². The first kappa shape index (κ1) is 15.1. The summed E-state index contributed by atoms with van der Waals surface area (Å²) >= 11 is 0. The summed E-state index contributed by atoms with van der Waals surface area (Å²) in [5.74, 6) is -0.509. The number of carbonyl (C=O) groups is 2. The molecule has 0 spiro atoms. The number of likely N-dealkylation sites (tertiary alicyclic amines) is 2. The largest absolute Gasteiger partial charge is 0.480 e. The fourth-order valence-corrected chi connectivity index (χ4v) is 3.10. The minimum atomic E-state index is -0.900. The molecule has 2 unspecified atom stereocenters. The van der Waals surface area contributed by atoms with Gasteiger partial charge in [0, 0.05) is 19.6 Å². The van der Waals surface area contributed by atoms with Crippen LogP contribution in [0.3, 0.4) is 0 Å². The van der Waals surface area contributed by atoms with Crippen molar-refractivity contribution in [1.82, 2.24) is 15.1 Å². The Morgan fingerprint density at radius 1 is 1.25 bits per heavy atom. The lowest BCUT2D eigenvalue weighted by Crippen LogP contribution is -2.47. The molecular weight excluding hydrogens is 258 g/mol. The van der Waals surface area contributed by atoms with Gasteiger partial charge in [-0.25, -0.2) is 9.59 Å². The number of hydrogen-bond acceptors (Lipinski definition) is 3. The smallest absolute Gasteiger partial charge is 0.326 e. The molecular formula is C14H25N3O3. The first-order chi connectivity index (χ1) is 9.58. The van der Waals surface area contributed by atoms with Gasteiger partial charge in [0.25, 0.3) is 0 Å². The van der Waals surface area contributed by atoms with Crippen LogP contribution in [0.2, 0.25) is 0 Å². The number of hydrogen-bond donors (Lipinski definition) is 2. The van der Waals surface area contributed by atoms with Crippen molar-refractivity contribution in [1.29, 1.82) is 0 Å². The van der Waals surface area contributed by atoms with E-state index in [1.165, 1.54) is 17.7 Å². The van der Waals surface area contributed by atoms with Crippen LogP contribution in [-0.4, -0.2) is 65.7 Å².